The second-order valence-electron chi connectivity index (χ2n) is 5.30. The van der Waals surface area contributed by atoms with Crippen molar-refractivity contribution in [1.29, 1.82) is 0 Å². The second kappa shape index (κ2) is 6.93. The van der Waals surface area contributed by atoms with Crippen LogP contribution in [0.3, 0.4) is 0 Å². The van der Waals surface area contributed by atoms with E-state index in [1.165, 1.54) is 19.3 Å². The summed E-state index contributed by atoms with van der Waals surface area (Å²) < 4.78 is 2.07. The zero-order chi connectivity index (χ0) is 13.6. The van der Waals surface area contributed by atoms with Gasteiger partial charge in [-0.25, -0.2) is 0 Å². The fraction of sp³-hybridized carbons (Fsp3) is 0.800. The summed E-state index contributed by atoms with van der Waals surface area (Å²) in [5, 5.41) is 7.87. The van der Waals surface area contributed by atoms with E-state index >= 15 is 0 Å². The summed E-state index contributed by atoms with van der Waals surface area (Å²) in [4.78, 5) is 0. The standard InChI is InChI=1S/C10H15N3.C3H8.C2H6/c1-8-5-10(6-9(10)12-8)7-13-4-2-3-11-13;1-3-2;1-2/h2-4,8-9,12H,5-7H2,1H3;3H2,1-2H3;1-2H3/t8-,9?,10+;;/m1../s1. The molecular formula is C15H29N3. The van der Waals surface area contributed by atoms with Crippen molar-refractivity contribution in [2.75, 3.05) is 0 Å². The van der Waals surface area contributed by atoms with Gasteiger partial charge < -0.3 is 5.32 Å². The second-order valence-corrected chi connectivity index (χ2v) is 5.30. The lowest BCUT2D eigenvalue weighted by Gasteiger charge is -2.12. The van der Waals surface area contributed by atoms with Crippen molar-refractivity contribution in [3.05, 3.63) is 18.5 Å². The van der Waals surface area contributed by atoms with Gasteiger partial charge in [-0.3, -0.25) is 4.68 Å². The number of hydrogen-bond donors (Lipinski definition) is 1. The molecule has 1 aliphatic heterocycles. The predicted molar refractivity (Wildman–Crippen MR) is 77.6 cm³/mol. The normalized spacial score (nSPS) is 31.6. The molecule has 2 aliphatic rings. The van der Waals surface area contributed by atoms with Crippen molar-refractivity contribution in [3.8, 4) is 0 Å². The highest BCUT2D eigenvalue weighted by atomic mass is 15.3. The Hall–Kier alpha value is -0.830. The average Bonchev–Trinajstić information content (AvgIpc) is 2.70. The molecule has 1 saturated heterocycles. The van der Waals surface area contributed by atoms with Gasteiger partial charge in [0.25, 0.3) is 0 Å². The maximum absolute atomic E-state index is 4.27. The molecular weight excluding hydrogens is 222 g/mol. The molecule has 2 heterocycles. The van der Waals surface area contributed by atoms with E-state index < -0.39 is 0 Å². The number of piperidine rings is 1. The molecule has 0 amide bonds. The highest BCUT2D eigenvalue weighted by Crippen LogP contribution is 2.55. The van der Waals surface area contributed by atoms with Crippen LogP contribution in [0.5, 0.6) is 0 Å². The molecule has 3 heteroatoms. The average molecular weight is 251 g/mol. The largest absolute Gasteiger partial charge is 0.311 e. The van der Waals surface area contributed by atoms with Crippen molar-refractivity contribution >= 4 is 0 Å². The molecule has 0 spiro atoms. The molecule has 1 aliphatic carbocycles. The van der Waals surface area contributed by atoms with E-state index in [1.54, 1.807) is 0 Å². The summed E-state index contributed by atoms with van der Waals surface area (Å²) in [7, 11) is 0. The predicted octanol–water partition coefficient (Wildman–Crippen LogP) is 3.47. The van der Waals surface area contributed by atoms with Crippen molar-refractivity contribution in [3.63, 3.8) is 0 Å². The quantitative estimate of drug-likeness (QED) is 0.872. The van der Waals surface area contributed by atoms with Crippen LogP contribution in [0.15, 0.2) is 18.5 Å². The van der Waals surface area contributed by atoms with Crippen molar-refractivity contribution in [2.45, 2.75) is 72.5 Å². The Morgan fingerprint density at radius 3 is 2.44 bits per heavy atom. The minimum absolute atomic E-state index is 0.547. The molecule has 104 valence electrons. The van der Waals surface area contributed by atoms with Gasteiger partial charge in [0.05, 0.1) is 0 Å². The summed E-state index contributed by atoms with van der Waals surface area (Å²) in [5.41, 5.74) is 0.547. The molecule has 1 unspecified atom stereocenters. The van der Waals surface area contributed by atoms with Gasteiger partial charge in [0.1, 0.15) is 0 Å². The molecule has 0 radical (unpaired) electrons. The molecule has 1 saturated carbocycles. The van der Waals surface area contributed by atoms with Gasteiger partial charge in [-0.2, -0.15) is 5.10 Å². The highest BCUT2D eigenvalue weighted by molar-refractivity contribution is 5.14. The number of nitrogens with zero attached hydrogens (tertiary/aromatic N) is 2. The van der Waals surface area contributed by atoms with E-state index in [-0.39, 0.29) is 0 Å². The monoisotopic (exact) mass is 251 g/mol. The lowest BCUT2D eigenvalue weighted by molar-refractivity contribution is 0.383. The van der Waals surface area contributed by atoms with E-state index in [0.29, 0.717) is 11.5 Å². The molecule has 1 N–H and O–H groups in total. The van der Waals surface area contributed by atoms with Crippen LogP contribution in [0.2, 0.25) is 0 Å². The first-order valence-electron chi connectivity index (χ1n) is 7.43. The van der Waals surface area contributed by atoms with Crippen LogP contribution in [0.4, 0.5) is 0 Å². The third-order valence-corrected chi connectivity index (χ3v) is 3.42. The molecule has 3 rings (SSSR count). The SMILES string of the molecule is CC.CCC.C[C@@H]1C[C@@]2(Cn3cccn3)CC2N1. The molecule has 0 aromatic carbocycles. The van der Waals surface area contributed by atoms with E-state index in [2.05, 4.69) is 42.1 Å². The molecule has 3 atom stereocenters. The Balaban J connectivity index is 0.000000288. The van der Waals surface area contributed by atoms with Crippen molar-refractivity contribution in [2.24, 2.45) is 5.41 Å². The van der Waals surface area contributed by atoms with Crippen molar-refractivity contribution in [1.82, 2.24) is 15.1 Å². The Bertz CT molecular complexity index is 320. The van der Waals surface area contributed by atoms with Crippen LogP contribution in [0, 0.1) is 5.41 Å². The van der Waals surface area contributed by atoms with Gasteiger partial charge in [0, 0.05) is 36.4 Å². The maximum Gasteiger partial charge on any atom is 0.0489 e. The van der Waals surface area contributed by atoms with Crippen LogP contribution in [0.1, 0.15) is 53.9 Å². The first-order valence-corrected chi connectivity index (χ1v) is 7.43. The minimum Gasteiger partial charge on any atom is -0.311 e. The Kier molecular flexibility index (Phi) is 5.86. The fourth-order valence-electron chi connectivity index (χ4n) is 2.78. The molecule has 2 fully saturated rings. The molecule has 3 nitrogen and oxygen atoms in total. The zero-order valence-corrected chi connectivity index (χ0v) is 12.6. The van der Waals surface area contributed by atoms with Gasteiger partial charge in [0.2, 0.25) is 0 Å². The van der Waals surface area contributed by atoms with Gasteiger partial charge in [0.15, 0.2) is 0 Å². The van der Waals surface area contributed by atoms with Crippen molar-refractivity contribution < 1.29 is 0 Å². The van der Waals surface area contributed by atoms with Crippen LogP contribution in [0.25, 0.3) is 0 Å². The van der Waals surface area contributed by atoms with Crippen LogP contribution < -0.4 is 5.32 Å². The number of aromatic nitrogens is 2. The molecule has 0 bridgehead atoms. The number of rotatable bonds is 2. The smallest absolute Gasteiger partial charge is 0.0489 e. The van der Waals surface area contributed by atoms with Gasteiger partial charge >= 0.3 is 0 Å². The highest BCUT2D eigenvalue weighted by Gasteiger charge is 2.59. The van der Waals surface area contributed by atoms with Gasteiger partial charge in [-0.15, -0.1) is 0 Å². The molecule has 1 aromatic heterocycles. The topological polar surface area (TPSA) is 29.9 Å². The Morgan fingerprint density at radius 1 is 1.33 bits per heavy atom. The third-order valence-electron chi connectivity index (χ3n) is 3.42. The third kappa shape index (κ3) is 3.58. The van der Waals surface area contributed by atoms with Crippen LogP contribution in [-0.4, -0.2) is 21.9 Å². The lowest BCUT2D eigenvalue weighted by Crippen LogP contribution is -2.21. The fourth-order valence-corrected chi connectivity index (χ4v) is 2.78. The summed E-state index contributed by atoms with van der Waals surface area (Å²) in [6.45, 7) is 11.6. The first kappa shape index (κ1) is 15.2. The lowest BCUT2D eigenvalue weighted by atomic mass is 10.0. The number of nitrogens with one attached hydrogen (secondary N) is 1. The number of fused-ring (bicyclic) bond motifs is 1. The van der Waals surface area contributed by atoms with E-state index in [0.717, 1.165) is 12.6 Å². The summed E-state index contributed by atoms with van der Waals surface area (Å²) >= 11 is 0. The number of hydrogen-bond acceptors (Lipinski definition) is 2. The summed E-state index contributed by atoms with van der Waals surface area (Å²) in [6.07, 6.45) is 7.83. The first-order chi connectivity index (χ1) is 8.70. The minimum atomic E-state index is 0.547. The van der Waals surface area contributed by atoms with Crippen LogP contribution >= 0.6 is 0 Å². The van der Waals surface area contributed by atoms with Gasteiger partial charge in [-0.1, -0.05) is 34.1 Å². The Labute approximate surface area is 112 Å². The summed E-state index contributed by atoms with van der Waals surface area (Å²) in [6, 6.07) is 3.47. The summed E-state index contributed by atoms with van der Waals surface area (Å²) in [5.74, 6) is 0. The maximum atomic E-state index is 4.27. The molecule has 1 aromatic rings. The van der Waals surface area contributed by atoms with E-state index in [4.69, 9.17) is 0 Å². The van der Waals surface area contributed by atoms with Gasteiger partial charge in [-0.05, 0) is 25.8 Å². The zero-order valence-electron chi connectivity index (χ0n) is 12.6. The molecule has 18 heavy (non-hydrogen) atoms. The Morgan fingerprint density at radius 2 is 2.00 bits per heavy atom. The van der Waals surface area contributed by atoms with E-state index in [1.807, 2.05) is 26.1 Å². The van der Waals surface area contributed by atoms with E-state index in [9.17, 15) is 0 Å². The van der Waals surface area contributed by atoms with Crippen LogP contribution in [-0.2, 0) is 6.54 Å².